The van der Waals surface area contributed by atoms with Crippen LogP contribution in [-0.2, 0) is 0 Å². The Morgan fingerprint density at radius 3 is 1.65 bits per heavy atom. The van der Waals surface area contributed by atoms with Crippen LogP contribution in [0.3, 0.4) is 0 Å². The molecule has 48 heavy (non-hydrogen) atoms. The third kappa shape index (κ3) is 4.92. The van der Waals surface area contributed by atoms with Gasteiger partial charge in [0.1, 0.15) is 11.2 Å². The van der Waals surface area contributed by atoms with Gasteiger partial charge in [0.25, 0.3) is 0 Å². The lowest BCUT2D eigenvalue weighted by molar-refractivity contribution is 0.669. The highest BCUT2D eigenvalue weighted by Gasteiger charge is 2.19. The van der Waals surface area contributed by atoms with Gasteiger partial charge in [-0.2, -0.15) is 0 Å². The first-order chi connectivity index (χ1) is 23.8. The topological polar surface area (TPSA) is 16.4 Å². The van der Waals surface area contributed by atoms with Crippen LogP contribution in [0.1, 0.15) is 0 Å². The van der Waals surface area contributed by atoms with E-state index in [0.29, 0.717) is 0 Å². The van der Waals surface area contributed by atoms with E-state index in [9.17, 15) is 0 Å². The van der Waals surface area contributed by atoms with Crippen molar-refractivity contribution in [1.29, 1.82) is 0 Å². The molecule has 0 N–H and O–H groups in total. The van der Waals surface area contributed by atoms with E-state index in [2.05, 4.69) is 181 Å². The van der Waals surface area contributed by atoms with E-state index in [-0.39, 0.29) is 0 Å². The Kier molecular flexibility index (Phi) is 6.84. The van der Waals surface area contributed by atoms with E-state index in [0.717, 1.165) is 39.0 Å². The third-order valence-electron chi connectivity index (χ3n) is 9.28. The number of rotatable bonds is 6. The van der Waals surface area contributed by atoms with Gasteiger partial charge in [0.05, 0.1) is 11.1 Å². The number of hydrogen-bond acceptors (Lipinski definition) is 2. The van der Waals surface area contributed by atoms with Gasteiger partial charge in [-0.15, -0.1) is 0 Å². The summed E-state index contributed by atoms with van der Waals surface area (Å²) in [5.41, 5.74) is 12.2. The Balaban J connectivity index is 1.18. The van der Waals surface area contributed by atoms with Crippen LogP contribution in [0.15, 0.2) is 192 Å². The van der Waals surface area contributed by atoms with E-state index in [1.807, 2.05) is 12.1 Å². The third-order valence-corrected chi connectivity index (χ3v) is 9.28. The first-order valence-electron chi connectivity index (χ1n) is 16.3. The number of benzene rings is 8. The molecule has 0 atom stereocenters. The van der Waals surface area contributed by atoms with Crippen molar-refractivity contribution >= 4 is 49.8 Å². The molecule has 226 valence electrons. The van der Waals surface area contributed by atoms with Crippen molar-refractivity contribution in [3.63, 3.8) is 0 Å². The zero-order valence-electron chi connectivity index (χ0n) is 26.3. The van der Waals surface area contributed by atoms with Crippen LogP contribution in [0.2, 0.25) is 0 Å². The van der Waals surface area contributed by atoms with E-state index in [1.54, 1.807) is 0 Å². The predicted octanol–water partition coefficient (Wildman–Crippen LogP) is 13.2. The van der Waals surface area contributed by atoms with Crippen molar-refractivity contribution in [3.05, 3.63) is 188 Å². The molecule has 8 aromatic carbocycles. The molecule has 2 nitrogen and oxygen atoms in total. The van der Waals surface area contributed by atoms with Crippen LogP contribution in [0.25, 0.3) is 66.1 Å². The summed E-state index contributed by atoms with van der Waals surface area (Å²) in [6, 6.07) is 66.9. The molecule has 0 aliphatic heterocycles. The zero-order valence-corrected chi connectivity index (χ0v) is 26.3. The van der Waals surface area contributed by atoms with E-state index >= 15 is 0 Å². The van der Waals surface area contributed by atoms with Crippen molar-refractivity contribution in [2.75, 3.05) is 4.90 Å². The molecule has 1 heterocycles. The number of hydrogen-bond donors (Lipinski definition) is 0. The molecule has 0 saturated heterocycles. The highest BCUT2D eigenvalue weighted by atomic mass is 16.3. The molecule has 0 amide bonds. The van der Waals surface area contributed by atoms with Gasteiger partial charge in [0.2, 0.25) is 0 Å². The quantitative estimate of drug-likeness (QED) is 0.185. The molecule has 0 radical (unpaired) electrons. The molecule has 0 bridgehead atoms. The molecule has 0 saturated carbocycles. The SMILES string of the molecule is c1ccc(-c2ccc(N(c3ccc(-c4cccc5ccc(-c6ccccc6)cc45)cc3)c3cccc4oc5ccccc5c34)cc2)cc1. The predicted molar refractivity (Wildman–Crippen MR) is 202 cm³/mol. The number of anilines is 3. The largest absolute Gasteiger partial charge is 0.456 e. The van der Waals surface area contributed by atoms with Gasteiger partial charge >= 0.3 is 0 Å². The number of fused-ring (bicyclic) bond motifs is 4. The summed E-state index contributed by atoms with van der Waals surface area (Å²) in [5.74, 6) is 0. The Bertz CT molecular complexity index is 2530. The summed E-state index contributed by atoms with van der Waals surface area (Å²) in [5, 5.41) is 4.69. The summed E-state index contributed by atoms with van der Waals surface area (Å²) in [6.07, 6.45) is 0. The Morgan fingerprint density at radius 1 is 0.354 bits per heavy atom. The molecule has 0 aliphatic carbocycles. The van der Waals surface area contributed by atoms with Crippen LogP contribution >= 0.6 is 0 Å². The van der Waals surface area contributed by atoms with Crippen LogP contribution < -0.4 is 4.90 Å². The van der Waals surface area contributed by atoms with E-state index in [4.69, 9.17) is 4.42 Å². The summed E-state index contributed by atoms with van der Waals surface area (Å²) in [7, 11) is 0. The van der Waals surface area contributed by atoms with Gasteiger partial charge in [-0.25, -0.2) is 0 Å². The molecule has 1 aromatic heterocycles. The first-order valence-corrected chi connectivity index (χ1v) is 16.3. The summed E-state index contributed by atoms with van der Waals surface area (Å²) >= 11 is 0. The minimum Gasteiger partial charge on any atom is -0.456 e. The molecule has 0 aliphatic rings. The van der Waals surface area contributed by atoms with Crippen molar-refractivity contribution in [3.8, 4) is 33.4 Å². The summed E-state index contributed by atoms with van der Waals surface area (Å²) < 4.78 is 6.32. The van der Waals surface area contributed by atoms with Gasteiger partial charge < -0.3 is 9.32 Å². The van der Waals surface area contributed by atoms with Crippen LogP contribution in [0.5, 0.6) is 0 Å². The average Bonchev–Trinajstić information content (AvgIpc) is 3.55. The number of nitrogens with zero attached hydrogens (tertiary/aromatic N) is 1. The Morgan fingerprint density at radius 2 is 0.917 bits per heavy atom. The highest BCUT2D eigenvalue weighted by molar-refractivity contribution is 6.13. The van der Waals surface area contributed by atoms with Crippen molar-refractivity contribution in [1.82, 2.24) is 0 Å². The van der Waals surface area contributed by atoms with Crippen LogP contribution in [0.4, 0.5) is 17.1 Å². The molecular formula is C46H31NO. The fraction of sp³-hybridized carbons (Fsp3) is 0. The van der Waals surface area contributed by atoms with Gasteiger partial charge in [-0.3, -0.25) is 0 Å². The monoisotopic (exact) mass is 613 g/mol. The zero-order chi connectivity index (χ0) is 31.9. The standard InChI is InChI=1S/C46H31NO/c1-3-11-32(12-4-1)34-23-27-38(28-24-34)47(43-18-10-20-45-46(43)41-16-7-8-19-44(41)48-45)39-29-25-36(26-30-39)40-17-9-15-35-21-22-37(31-42(35)40)33-13-5-2-6-14-33/h1-31H. The smallest absolute Gasteiger partial charge is 0.137 e. The average molecular weight is 614 g/mol. The lowest BCUT2D eigenvalue weighted by Gasteiger charge is -2.26. The molecule has 9 rings (SSSR count). The van der Waals surface area contributed by atoms with Crippen molar-refractivity contribution in [2.24, 2.45) is 0 Å². The lowest BCUT2D eigenvalue weighted by atomic mass is 9.94. The lowest BCUT2D eigenvalue weighted by Crippen LogP contribution is -2.10. The molecule has 0 unspecified atom stereocenters. The molecular weight excluding hydrogens is 583 g/mol. The maximum Gasteiger partial charge on any atom is 0.137 e. The highest BCUT2D eigenvalue weighted by Crippen LogP contribution is 2.44. The fourth-order valence-electron chi connectivity index (χ4n) is 6.93. The van der Waals surface area contributed by atoms with Gasteiger partial charge in [-0.1, -0.05) is 140 Å². The van der Waals surface area contributed by atoms with Gasteiger partial charge in [0.15, 0.2) is 0 Å². The minimum atomic E-state index is 0.876. The number of furan rings is 1. The summed E-state index contributed by atoms with van der Waals surface area (Å²) in [6.45, 7) is 0. The van der Waals surface area contributed by atoms with Crippen LogP contribution in [-0.4, -0.2) is 0 Å². The normalized spacial score (nSPS) is 11.3. The van der Waals surface area contributed by atoms with Crippen molar-refractivity contribution in [2.45, 2.75) is 0 Å². The fourth-order valence-corrected chi connectivity index (χ4v) is 6.93. The summed E-state index contributed by atoms with van der Waals surface area (Å²) in [4.78, 5) is 2.35. The molecule has 0 fully saturated rings. The minimum absolute atomic E-state index is 0.876. The Labute approximate surface area is 279 Å². The molecule has 2 heteroatoms. The maximum atomic E-state index is 6.32. The van der Waals surface area contributed by atoms with Gasteiger partial charge in [-0.05, 0) is 92.7 Å². The molecule has 0 spiro atoms. The van der Waals surface area contributed by atoms with Gasteiger partial charge in [0, 0.05) is 16.8 Å². The number of para-hydroxylation sites is 1. The second kappa shape index (κ2) is 11.8. The second-order valence-corrected chi connectivity index (χ2v) is 12.2. The molecule has 9 aromatic rings. The second-order valence-electron chi connectivity index (χ2n) is 12.2. The Hall–Kier alpha value is -6.38. The van der Waals surface area contributed by atoms with E-state index < -0.39 is 0 Å². The first kappa shape index (κ1) is 27.9. The van der Waals surface area contributed by atoms with E-state index in [1.165, 1.54) is 44.2 Å². The maximum absolute atomic E-state index is 6.32. The van der Waals surface area contributed by atoms with Crippen LogP contribution in [0, 0.1) is 0 Å². The van der Waals surface area contributed by atoms with Crippen molar-refractivity contribution < 1.29 is 4.42 Å².